The number of rotatable bonds is 5. The number of halogens is 3. The summed E-state index contributed by atoms with van der Waals surface area (Å²) in [5, 5.41) is 3.02. The Morgan fingerprint density at radius 3 is 2.70 bits per heavy atom. The summed E-state index contributed by atoms with van der Waals surface area (Å²) in [6.07, 6.45) is -2.79. The Kier molecular flexibility index (Phi) is 4.16. The quantitative estimate of drug-likeness (QED) is 0.886. The number of aryl methyl sites for hydroxylation is 1. The SMILES string of the molecule is Cc1[nH]cnc1CNc1ccccc1OCC(F)(F)F. The van der Waals surface area contributed by atoms with Crippen LogP contribution in [0.2, 0.25) is 0 Å². The van der Waals surface area contributed by atoms with Gasteiger partial charge in [0.1, 0.15) is 5.75 Å². The fraction of sp³-hybridized carbons (Fsp3) is 0.308. The van der Waals surface area contributed by atoms with E-state index in [1.165, 1.54) is 6.07 Å². The number of para-hydroxylation sites is 2. The molecule has 1 aromatic carbocycles. The molecule has 108 valence electrons. The zero-order valence-electron chi connectivity index (χ0n) is 10.8. The first-order chi connectivity index (χ1) is 9.46. The minimum absolute atomic E-state index is 0.165. The number of aromatic amines is 1. The predicted molar refractivity (Wildman–Crippen MR) is 68.6 cm³/mol. The fourth-order valence-corrected chi connectivity index (χ4v) is 1.64. The van der Waals surface area contributed by atoms with Gasteiger partial charge in [0, 0.05) is 5.69 Å². The average molecular weight is 285 g/mol. The van der Waals surface area contributed by atoms with Gasteiger partial charge in [-0.2, -0.15) is 13.2 Å². The van der Waals surface area contributed by atoms with E-state index in [1.54, 1.807) is 24.5 Å². The molecule has 0 bridgehead atoms. The number of nitrogens with one attached hydrogen (secondary N) is 2. The number of alkyl halides is 3. The van der Waals surface area contributed by atoms with Crippen LogP contribution in [-0.2, 0) is 6.54 Å². The molecule has 0 saturated heterocycles. The summed E-state index contributed by atoms with van der Waals surface area (Å²) in [5.41, 5.74) is 2.21. The second-order valence-electron chi connectivity index (χ2n) is 4.23. The minimum Gasteiger partial charge on any atom is -0.482 e. The van der Waals surface area contributed by atoms with Gasteiger partial charge in [-0.3, -0.25) is 0 Å². The van der Waals surface area contributed by atoms with Crippen LogP contribution < -0.4 is 10.1 Å². The van der Waals surface area contributed by atoms with Crippen molar-refractivity contribution in [2.75, 3.05) is 11.9 Å². The van der Waals surface area contributed by atoms with Crippen molar-refractivity contribution in [2.24, 2.45) is 0 Å². The third-order valence-corrected chi connectivity index (χ3v) is 2.66. The normalized spacial score (nSPS) is 11.4. The summed E-state index contributed by atoms with van der Waals surface area (Å²) >= 11 is 0. The summed E-state index contributed by atoms with van der Waals surface area (Å²) in [6.45, 7) is 0.963. The van der Waals surface area contributed by atoms with Crippen LogP contribution in [0, 0.1) is 6.92 Å². The lowest BCUT2D eigenvalue weighted by Gasteiger charge is -2.14. The summed E-state index contributed by atoms with van der Waals surface area (Å²) in [5.74, 6) is 0.165. The first-order valence-electron chi connectivity index (χ1n) is 5.97. The summed E-state index contributed by atoms with van der Waals surface area (Å²) < 4.78 is 41.3. The first-order valence-corrected chi connectivity index (χ1v) is 5.97. The number of anilines is 1. The van der Waals surface area contributed by atoms with Gasteiger partial charge in [0.15, 0.2) is 6.61 Å². The predicted octanol–water partition coefficient (Wildman–Crippen LogP) is 3.27. The molecule has 0 unspecified atom stereocenters. The van der Waals surface area contributed by atoms with Crippen molar-refractivity contribution in [3.8, 4) is 5.75 Å². The number of imidazole rings is 1. The number of ether oxygens (including phenoxy) is 1. The molecule has 0 aliphatic rings. The number of nitrogens with zero attached hydrogens (tertiary/aromatic N) is 1. The van der Waals surface area contributed by atoms with Crippen molar-refractivity contribution in [2.45, 2.75) is 19.6 Å². The molecule has 1 aromatic heterocycles. The molecule has 4 nitrogen and oxygen atoms in total. The molecule has 1 heterocycles. The maximum Gasteiger partial charge on any atom is 0.422 e. The van der Waals surface area contributed by atoms with E-state index in [4.69, 9.17) is 4.74 Å². The number of hydrogen-bond acceptors (Lipinski definition) is 3. The van der Waals surface area contributed by atoms with Crippen molar-refractivity contribution < 1.29 is 17.9 Å². The second-order valence-corrected chi connectivity index (χ2v) is 4.23. The molecule has 2 rings (SSSR count). The molecule has 0 radical (unpaired) electrons. The Morgan fingerprint density at radius 1 is 1.30 bits per heavy atom. The Balaban J connectivity index is 2.02. The third-order valence-electron chi connectivity index (χ3n) is 2.66. The van der Waals surface area contributed by atoms with Crippen molar-refractivity contribution in [1.29, 1.82) is 0 Å². The molecule has 0 aliphatic heterocycles. The van der Waals surface area contributed by atoms with Gasteiger partial charge in [0.2, 0.25) is 0 Å². The van der Waals surface area contributed by atoms with Gasteiger partial charge in [-0.25, -0.2) is 4.98 Å². The van der Waals surface area contributed by atoms with E-state index in [1.807, 2.05) is 6.92 Å². The molecule has 2 aromatic rings. The van der Waals surface area contributed by atoms with Crippen LogP contribution in [0.25, 0.3) is 0 Å². The monoisotopic (exact) mass is 285 g/mol. The smallest absolute Gasteiger partial charge is 0.422 e. The number of aromatic nitrogens is 2. The van der Waals surface area contributed by atoms with E-state index in [0.29, 0.717) is 12.2 Å². The minimum atomic E-state index is -4.36. The van der Waals surface area contributed by atoms with Crippen molar-refractivity contribution in [3.05, 3.63) is 42.0 Å². The summed E-state index contributed by atoms with van der Waals surface area (Å²) in [4.78, 5) is 7.04. The van der Waals surface area contributed by atoms with Crippen molar-refractivity contribution >= 4 is 5.69 Å². The van der Waals surface area contributed by atoms with Crippen LogP contribution in [-0.4, -0.2) is 22.8 Å². The van der Waals surface area contributed by atoms with Gasteiger partial charge < -0.3 is 15.0 Å². The first kappa shape index (κ1) is 14.2. The highest BCUT2D eigenvalue weighted by Gasteiger charge is 2.28. The Hall–Kier alpha value is -2.18. The largest absolute Gasteiger partial charge is 0.482 e. The summed E-state index contributed by atoms with van der Waals surface area (Å²) in [7, 11) is 0. The topological polar surface area (TPSA) is 49.9 Å². The Labute approximate surface area is 114 Å². The number of H-pyrrole nitrogens is 1. The zero-order chi connectivity index (χ0) is 14.6. The lowest BCUT2D eigenvalue weighted by Crippen LogP contribution is -2.19. The molecule has 0 atom stereocenters. The van der Waals surface area contributed by atoms with E-state index < -0.39 is 12.8 Å². The molecule has 0 aliphatic carbocycles. The molecule has 0 saturated carbocycles. The van der Waals surface area contributed by atoms with Crippen LogP contribution >= 0.6 is 0 Å². The van der Waals surface area contributed by atoms with Crippen molar-refractivity contribution in [3.63, 3.8) is 0 Å². The van der Waals surface area contributed by atoms with E-state index in [9.17, 15) is 13.2 Å². The molecule has 7 heteroatoms. The van der Waals surface area contributed by atoms with Gasteiger partial charge in [-0.05, 0) is 19.1 Å². The van der Waals surface area contributed by atoms with E-state index in [2.05, 4.69) is 15.3 Å². The molecular formula is C13H14F3N3O. The van der Waals surface area contributed by atoms with Gasteiger partial charge >= 0.3 is 6.18 Å². The number of hydrogen-bond donors (Lipinski definition) is 2. The van der Waals surface area contributed by atoms with Gasteiger partial charge in [0.25, 0.3) is 0 Å². The molecule has 20 heavy (non-hydrogen) atoms. The molecule has 2 N–H and O–H groups in total. The lowest BCUT2D eigenvalue weighted by molar-refractivity contribution is -0.153. The highest BCUT2D eigenvalue weighted by Crippen LogP contribution is 2.26. The fourth-order valence-electron chi connectivity index (χ4n) is 1.64. The Bertz CT molecular complexity index is 566. The Morgan fingerprint density at radius 2 is 2.05 bits per heavy atom. The highest BCUT2D eigenvalue weighted by atomic mass is 19.4. The molecule has 0 amide bonds. The third kappa shape index (κ3) is 3.91. The van der Waals surface area contributed by atoms with Gasteiger partial charge in [-0.1, -0.05) is 12.1 Å². The standard InChI is InChI=1S/C13H14F3N3O/c1-9-11(19-8-18-9)6-17-10-4-2-3-5-12(10)20-7-13(14,15)16/h2-5,8,17H,6-7H2,1H3,(H,18,19). The zero-order valence-corrected chi connectivity index (χ0v) is 10.8. The van der Waals surface area contributed by atoms with Crippen LogP contribution in [0.4, 0.5) is 18.9 Å². The summed E-state index contributed by atoms with van der Waals surface area (Å²) in [6, 6.07) is 6.50. The maximum atomic E-state index is 12.2. The molecular weight excluding hydrogens is 271 g/mol. The van der Waals surface area contributed by atoms with E-state index >= 15 is 0 Å². The van der Waals surface area contributed by atoms with Crippen LogP contribution in [0.3, 0.4) is 0 Å². The molecule has 0 spiro atoms. The van der Waals surface area contributed by atoms with Gasteiger partial charge in [0.05, 0.1) is 24.3 Å². The van der Waals surface area contributed by atoms with Crippen molar-refractivity contribution in [1.82, 2.24) is 9.97 Å². The lowest BCUT2D eigenvalue weighted by atomic mass is 10.2. The van der Waals surface area contributed by atoms with Crippen LogP contribution in [0.1, 0.15) is 11.4 Å². The number of benzene rings is 1. The van der Waals surface area contributed by atoms with Gasteiger partial charge in [-0.15, -0.1) is 0 Å². The second kappa shape index (κ2) is 5.85. The highest BCUT2D eigenvalue weighted by molar-refractivity contribution is 5.56. The molecule has 0 fully saturated rings. The van der Waals surface area contributed by atoms with E-state index in [-0.39, 0.29) is 5.75 Å². The average Bonchev–Trinajstić information content (AvgIpc) is 2.79. The van der Waals surface area contributed by atoms with Crippen LogP contribution in [0.5, 0.6) is 5.75 Å². The van der Waals surface area contributed by atoms with E-state index in [0.717, 1.165) is 11.4 Å². The maximum absolute atomic E-state index is 12.2. The van der Waals surface area contributed by atoms with Crippen LogP contribution in [0.15, 0.2) is 30.6 Å².